The fourth-order valence-electron chi connectivity index (χ4n) is 1.78. The van der Waals surface area contributed by atoms with Crippen LogP contribution in [0.4, 0.5) is 5.00 Å². The van der Waals surface area contributed by atoms with E-state index in [0.29, 0.717) is 5.00 Å². The highest BCUT2D eigenvalue weighted by molar-refractivity contribution is 7.10. The molecule has 2 aromatic heterocycles. The van der Waals surface area contributed by atoms with E-state index >= 15 is 0 Å². The number of nitrogens with zero attached hydrogens (tertiary/aromatic N) is 1. The predicted octanol–water partition coefficient (Wildman–Crippen LogP) is 2.44. The van der Waals surface area contributed by atoms with E-state index in [1.807, 2.05) is 20.8 Å². The van der Waals surface area contributed by atoms with Gasteiger partial charge in [-0.15, -0.1) is 0 Å². The first-order valence-corrected chi connectivity index (χ1v) is 7.33. The van der Waals surface area contributed by atoms with Gasteiger partial charge in [-0.05, 0) is 42.6 Å². The Kier molecular flexibility index (Phi) is 4.74. The lowest BCUT2D eigenvalue weighted by Crippen LogP contribution is -2.46. The maximum absolute atomic E-state index is 12.3. The molecule has 0 radical (unpaired) electrons. The van der Waals surface area contributed by atoms with Crippen LogP contribution in [0.3, 0.4) is 0 Å². The van der Waals surface area contributed by atoms with Gasteiger partial charge in [-0.1, -0.05) is 13.8 Å². The van der Waals surface area contributed by atoms with Gasteiger partial charge in [0.25, 0.3) is 5.91 Å². The molecule has 2 heterocycles. The van der Waals surface area contributed by atoms with Crippen molar-refractivity contribution in [2.45, 2.75) is 26.8 Å². The van der Waals surface area contributed by atoms with E-state index in [1.54, 1.807) is 18.2 Å². The van der Waals surface area contributed by atoms with Crippen molar-refractivity contribution < 1.29 is 14.0 Å². The summed E-state index contributed by atoms with van der Waals surface area (Å²) in [6.07, 6.45) is 1.42. The highest BCUT2D eigenvalue weighted by Gasteiger charge is 2.26. The third kappa shape index (κ3) is 3.91. The Hall–Kier alpha value is -2.15. The topological polar surface area (TPSA) is 84.2 Å². The number of aromatic nitrogens is 1. The molecule has 21 heavy (non-hydrogen) atoms. The van der Waals surface area contributed by atoms with Crippen molar-refractivity contribution in [3.05, 3.63) is 35.9 Å². The van der Waals surface area contributed by atoms with Gasteiger partial charge < -0.3 is 15.1 Å². The molecule has 6 nitrogen and oxygen atoms in total. The van der Waals surface area contributed by atoms with Crippen molar-refractivity contribution in [2.24, 2.45) is 5.92 Å². The Labute approximate surface area is 126 Å². The summed E-state index contributed by atoms with van der Waals surface area (Å²) in [5, 5.41) is 6.11. The maximum Gasteiger partial charge on any atom is 0.287 e. The lowest BCUT2D eigenvalue weighted by molar-refractivity contribution is -0.118. The largest absolute Gasteiger partial charge is 0.459 e. The number of carbonyl (C=O) groups is 2. The van der Waals surface area contributed by atoms with E-state index in [4.69, 9.17) is 4.42 Å². The molecule has 0 aliphatic rings. The van der Waals surface area contributed by atoms with Gasteiger partial charge in [0.1, 0.15) is 11.0 Å². The maximum atomic E-state index is 12.3. The van der Waals surface area contributed by atoms with E-state index in [9.17, 15) is 9.59 Å². The molecule has 0 aliphatic heterocycles. The first-order chi connectivity index (χ1) is 9.97. The SMILES string of the molecule is Cc1cc(NC(=O)[C@@H](NC(=O)c2ccco2)C(C)C)sn1. The highest BCUT2D eigenvalue weighted by atomic mass is 32.1. The molecule has 0 unspecified atom stereocenters. The van der Waals surface area contributed by atoms with E-state index in [0.717, 1.165) is 5.69 Å². The monoisotopic (exact) mass is 307 g/mol. The quantitative estimate of drug-likeness (QED) is 0.888. The van der Waals surface area contributed by atoms with Crippen LogP contribution in [-0.4, -0.2) is 22.2 Å². The Morgan fingerprint density at radius 3 is 2.67 bits per heavy atom. The second-order valence-electron chi connectivity index (χ2n) is 4.99. The summed E-state index contributed by atoms with van der Waals surface area (Å²) in [5.41, 5.74) is 0.844. The van der Waals surface area contributed by atoms with Crippen LogP contribution in [0.25, 0.3) is 0 Å². The summed E-state index contributed by atoms with van der Waals surface area (Å²) >= 11 is 1.21. The first-order valence-electron chi connectivity index (χ1n) is 6.56. The number of rotatable bonds is 5. The molecular weight excluding hydrogens is 290 g/mol. The van der Waals surface area contributed by atoms with Crippen LogP contribution in [0.15, 0.2) is 28.9 Å². The minimum absolute atomic E-state index is 0.0575. The minimum Gasteiger partial charge on any atom is -0.459 e. The van der Waals surface area contributed by atoms with Gasteiger partial charge >= 0.3 is 0 Å². The van der Waals surface area contributed by atoms with Crippen molar-refractivity contribution >= 4 is 28.3 Å². The molecule has 0 saturated heterocycles. The first kappa shape index (κ1) is 15.2. The van der Waals surface area contributed by atoms with Crippen molar-refractivity contribution in [2.75, 3.05) is 5.32 Å². The number of aryl methyl sites for hydroxylation is 1. The molecule has 0 bridgehead atoms. The van der Waals surface area contributed by atoms with Gasteiger partial charge in [0, 0.05) is 0 Å². The van der Waals surface area contributed by atoms with Crippen LogP contribution in [-0.2, 0) is 4.79 Å². The van der Waals surface area contributed by atoms with E-state index in [-0.39, 0.29) is 17.6 Å². The Morgan fingerprint density at radius 2 is 2.14 bits per heavy atom. The molecule has 2 amide bonds. The molecule has 112 valence electrons. The number of furan rings is 1. The summed E-state index contributed by atoms with van der Waals surface area (Å²) in [6.45, 7) is 5.58. The number of anilines is 1. The van der Waals surface area contributed by atoms with Gasteiger partial charge in [0.15, 0.2) is 5.76 Å². The number of hydrogen-bond acceptors (Lipinski definition) is 5. The number of hydrogen-bond donors (Lipinski definition) is 2. The smallest absolute Gasteiger partial charge is 0.287 e. The molecule has 0 saturated carbocycles. The molecule has 2 N–H and O–H groups in total. The minimum atomic E-state index is -0.648. The fraction of sp³-hybridized carbons (Fsp3) is 0.357. The van der Waals surface area contributed by atoms with Gasteiger partial charge in [0.2, 0.25) is 5.91 Å². The Balaban J connectivity index is 2.04. The third-order valence-corrected chi connectivity index (χ3v) is 3.65. The summed E-state index contributed by atoms with van der Waals surface area (Å²) in [7, 11) is 0. The van der Waals surface area contributed by atoms with Crippen molar-refractivity contribution in [3.63, 3.8) is 0 Å². The molecule has 2 rings (SSSR count). The van der Waals surface area contributed by atoms with Crippen molar-refractivity contribution in [1.29, 1.82) is 0 Å². The van der Waals surface area contributed by atoms with Crippen LogP contribution in [0.2, 0.25) is 0 Å². The molecule has 0 fully saturated rings. The van der Waals surface area contributed by atoms with Crippen LogP contribution < -0.4 is 10.6 Å². The zero-order valence-corrected chi connectivity index (χ0v) is 12.9. The normalized spacial score (nSPS) is 12.2. The van der Waals surface area contributed by atoms with Gasteiger partial charge in [0.05, 0.1) is 12.0 Å². The zero-order chi connectivity index (χ0) is 15.4. The van der Waals surface area contributed by atoms with Crippen LogP contribution in [0.1, 0.15) is 30.1 Å². The van der Waals surface area contributed by atoms with E-state index in [1.165, 1.54) is 17.8 Å². The molecule has 0 spiro atoms. The van der Waals surface area contributed by atoms with Gasteiger partial charge in [-0.25, -0.2) is 0 Å². The average Bonchev–Trinajstić information content (AvgIpc) is 3.06. The van der Waals surface area contributed by atoms with E-state index < -0.39 is 11.9 Å². The molecular formula is C14H17N3O3S. The third-order valence-electron chi connectivity index (χ3n) is 2.86. The Bertz CT molecular complexity index is 619. The summed E-state index contributed by atoms with van der Waals surface area (Å²) < 4.78 is 9.13. The summed E-state index contributed by atoms with van der Waals surface area (Å²) in [5.74, 6) is -0.553. The number of amides is 2. The second-order valence-corrected chi connectivity index (χ2v) is 5.80. The van der Waals surface area contributed by atoms with Crippen LogP contribution in [0, 0.1) is 12.8 Å². The standard InChI is InChI=1S/C14H17N3O3S/c1-8(2)12(16-13(18)10-5-4-6-20-10)14(19)15-11-7-9(3)17-21-11/h4-8,12H,1-3H3,(H,15,19)(H,16,18)/t12-/m0/s1. The predicted molar refractivity (Wildman–Crippen MR) is 80.3 cm³/mol. The van der Waals surface area contributed by atoms with Crippen molar-refractivity contribution in [1.82, 2.24) is 9.69 Å². The van der Waals surface area contributed by atoms with Crippen LogP contribution in [0.5, 0.6) is 0 Å². The van der Waals surface area contributed by atoms with Gasteiger partial charge in [-0.3, -0.25) is 9.59 Å². The highest BCUT2D eigenvalue weighted by Crippen LogP contribution is 2.17. The van der Waals surface area contributed by atoms with E-state index in [2.05, 4.69) is 15.0 Å². The molecule has 7 heteroatoms. The van der Waals surface area contributed by atoms with Crippen LogP contribution >= 0.6 is 11.5 Å². The van der Waals surface area contributed by atoms with Gasteiger partial charge in [-0.2, -0.15) is 4.37 Å². The zero-order valence-electron chi connectivity index (χ0n) is 12.0. The van der Waals surface area contributed by atoms with Crippen molar-refractivity contribution in [3.8, 4) is 0 Å². The lowest BCUT2D eigenvalue weighted by Gasteiger charge is -2.20. The Morgan fingerprint density at radius 1 is 1.38 bits per heavy atom. The molecule has 0 aliphatic carbocycles. The number of nitrogens with one attached hydrogen (secondary N) is 2. The fourth-order valence-corrected chi connectivity index (χ4v) is 2.44. The molecule has 1 atom stereocenters. The summed E-state index contributed by atoms with van der Waals surface area (Å²) in [6, 6.07) is 4.32. The summed E-state index contributed by atoms with van der Waals surface area (Å²) in [4.78, 5) is 24.3. The lowest BCUT2D eigenvalue weighted by atomic mass is 10.0. The second kappa shape index (κ2) is 6.53. The molecule has 0 aromatic carbocycles. The average molecular weight is 307 g/mol. The number of carbonyl (C=O) groups excluding carboxylic acids is 2. The molecule has 2 aromatic rings.